The summed E-state index contributed by atoms with van der Waals surface area (Å²) in [6.45, 7) is 1.59. The summed E-state index contributed by atoms with van der Waals surface area (Å²) in [6, 6.07) is 3.03. The number of sulfonamides is 1. The molecule has 1 rings (SSSR count). The van der Waals surface area contributed by atoms with Crippen molar-refractivity contribution in [3.8, 4) is 0 Å². The molecule has 8 heteroatoms. The Morgan fingerprint density at radius 1 is 1.42 bits per heavy atom. The lowest BCUT2D eigenvalue weighted by atomic mass is 10.2. The van der Waals surface area contributed by atoms with Gasteiger partial charge in [-0.3, -0.25) is 4.79 Å². The number of rotatable bonds is 5. The Bertz CT molecular complexity index is 588. The van der Waals surface area contributed by atoms with Gasteiger partial charge in [-0.15, -0.1) is 0 Å². The van der Waals surface area contributed by atoms with Crippen molar-refractivity contribution in [3.63, 3.8) is 0 Å². The first-order chi connectivity index (χ1) is 8.73. The van der Waals surface area contributed by atoms with E-state index in [-0.39, 0.29) is 21.4 Å². The van der Waals surface area contributed by atoms with E-state index in [1.54, 1.807) is 6.92 Å². The van der Waals surface area contributed by atoms with Gasteiger partial charge in [0, 0.05) is 7.05 Å². The van der Waals surface area contributed by atoms with Crippen molar-refractivity contribution < 1.29 is 18.3 Å². The van der Waals surface area contributed by atoms with E-state index in [2.05, 4.69) is 0 Å². The predicted octanol–water partition coefficient (Wildman–Crippen LogP) is 2.48. The largest absolute Gasteiger partial charge is 0.480 e. The van der Waals surface area contributed by atoms with Crippen LogP contribution in [0.25, 0.3) is 0 Å². The Morgan fingerprint density at radius 2 is 2.00 bits per heavy atom. The molecule has 1 aromatic carbocycles. The van der Waals surface area contributed by atoms with E-state index in [4.69, 9.17) is 28.3 Å². The van der Waals surface area contributed by atoms with Crippen molar-refractivity contribution >= 4 is 39.2 Å². The highest BCUT2D eigenvalue weighted by molar-refractivity contribution is 7.89. The number of halogens is 2. The zero-order valence-corrected chi connectivity index (χ0v) is 12.6. The maximum absolute atomic E-state index is 12.3. The number of benzene rings is 1. The Balaban J connectivity index is 3.31. The summed E-state index contributed by atoms with van der Waals surface area (Å²) in [5, 5.41) is 8.99. The molecule has 0 aliphatic rings. The molecule has 0 heterocycles. The van der Waals surface area contributed by atoms with Gasteiger partial charge < -0.3 is 5.11 Å². The fourth-order valence-electron chi connectivity index (χ4n) is 1.59. The van der Waals surface area contributed by atoms with Crippen molar-refractivity contribution in [2.45, 2.75) is 24.3 Å². The zero-order chi connectivity index (χ0) is 14.8. The van der Waals surface area contributed by atoms with Crippen LogP contribution in [-0.2, 0) is 14.8 Å². The van der Waals surface area contributed by atoms with Crippen LogP contribution in [0.2, 0.25) is 10.0 Å². The third-order valence-electron chi connectivity index (χ3n) is 2.68. The highest BCUT2D eigenvalue weighted by Gasteiger charge is 2.33. The molecule has 0 amide bonds. The third-order valence-corrected chi connectivity index (χ3v) is 5.52. The first-order valence-corrected chi connectivity index (χ1v) is 7.58. The van der Waals surface area contributed by atoms with Gasteiger partial charge in [0.05, 0.1) is 10.0 Å². The lowest BCUT2D eigenvalue weighted by Gasteiger charge is -2.23. The molecule has 0 saturated carbocycles. The van der Waals surface area contributed by atoms with Gasteiger partial charge in [-0.05, 0) is 18.6 Å². The molecule has 0 bridgehead atoms. The fourth-order valence-corrected chi connectivity index (χ4v) is 3.71. The van der Waals surface area contributed by atoms with E-state index >= 15 is 0 Å². The average Bonchev–Trinajstić information content (AvgIpc) is 2.32. The highest BCUT2D eigenvalue weighted by Crippen LogP contribution is 2.31. The number of carboxylic acids is 1. The SMILES string of the molecule is CCC(C(=O)O)N(C)S(=O)(=O)c1cccc(Cl)c1Cl. The van der Waals surface area contributed by atoms with Crippen molar-refractivity contribution in [1.29, 1.82) is 0 Å². The fraction of sp³-hybridized carbons (Fsp3) is 0.364. The summed E-state index contributed by atoms with van der Waals surface area (Å²) in [4.78, 5) is 10.8. The van der Waals surface area contributed by atoms with Gasteiger partial charge in [0.25, 0.3) is 0 Å². The number of aliphatic carboxylic acids is 1. The summed E-state index contributed by atoms with van der Waals surface area (Å²) in [5.74, 6) is -1.22. The first kappa shape index (κ1) is 16.2. The summed E-state index contributed by atoms with van der Waals surface area (Å²) >= 11 is 11.6. The van der Waals surface area contributed by atoms with Crippen LogP contribution in [0.15, 0.2) is 23.1 Å². The first-order valence-electron chi connectivity index (χ1n) is 5.38. The van der Waals surface area contributed by atoms with Gasteiger partial charge in [0.15, 0.2) is 0 Å². The molecule has 1 aromatic rings. The molecule has 19 heavy (non-hydrogen) atoms. The van der Waals surface area contributed by atoms with Gasteiger partial charge in [0.2, 0.25) is 10.0 Å². The summed E-state index contributed by atoms with van der Waals surface area (Å²) in [5.41, 5.74) is 0. The van der Waals surface area contributed by atoms with Crippen molar-refractivity contribution in [3.05, 3.63) is 28.2 Å². The second kappa shape index (κ2) is 6.09. The molecule has 0 spiro atoms. The van der Waals surface area contributed by atoms with Crippen LogP contribution >= 0.6 is 23.2 Å². The van der Waals surface area contributed by atoms with Gasteiger partial charge in [-0.2, -0.15) is 4.31 Å². The van der Waals surface area contributed by atoms with Crippen molar-refractivity contribution in [2.24, 2.45) is 0 Å². The van der Waals surface area contributed by atoms with Crippen LogP contribution in [-0.4, -0.2) is 36.9 Å². The van der Waals surface area contributed by atoms with Gasteiger partial charge in [-0.1, -0.05) is 36.2 Å². The standard InChI is InChI=1S/C11H13Cl2NO4S/c1-3-8(11(15)16)14(2)19(17,18)9-6-4-5-7(12)10(9)13/h4-6,8H,3H2,1-2H3,(H,15,16). The van der Waals surface area contributed by atoms with Gasteiger partial charge >= 0.3 is 5.97 Å². The molecule has 1 atom stereocenters. The van der Waals surface area contributed by atoms with Crippen LogP contribution < -0.4 is 0 Å². The molecule has 0 fully saturated rings. The molecular weight excluding hydrogens is 313 g/mol. The number of nitrogens with zero attached hydrogens (tertiary/aromatic N) is 1. The van der Waals surface area contributed by atoms with Crippen LogP contribution in [0.1, 0.15) is 13.3 Å². The number of carbonyl (C=O) groups is 1. The third kappa shape index (κ3) is 3.20. The Hall–Kier alpha value is -0.820. The summed E-state index contributed by atoms with van der Waals surface area (Å²) in [7, 11) is -2.81. The molecule has 0 saturated heterocycles. The molecule has 0 aromatic heterocycles. The van der Waals surface area contributed by atoms with Gasteiger partial charge in [-0.25, -0.2) is 8.42 Å². The van der Waals surface area contributed by atoms with Crippen LogP contribution in [0.5, 0.6) is 0 Å². The predicted molar refractivity (Wildman–Crippen MR) is 73.1 cm³/mol. The van der Waals surface area contributed by atoms with Crippen molar-refractivity contribution in [1.82, 2.24) is 4.31 Å². The van der Waals surface area contributed by atoms with E-state index in [0.717, 1.165) is 4.31 Å². The number of hydrogen-bond acceptors (Lipinski definition) is 3. The van der Waals surface area contributed by atoms with Gasteiger partial charge in [0.1, 0.15) is 10.9 Å². The van der Waals surface area contributed by atoms with Crippen LogP contribution in [0.4, 0.5) is 0 Å². The Labute approximate surface area is 121 Å². The minimum absolute atomic E-state index is 0.0968. The van der Waals surface area contributed by atoms with E-state index in [1.165, 1.54) is 25.2 Å². The minimum atomic E-state index is -4.01. The average molecular weight is 326 g/mol. The molecule has 0 aliphatic heterocycles. The van der Waals surface area contributed by atoms with E-state index in [1.807, 2.05) is 0 Å². The smallest absolute Gasteiger partial charge is 0.321 e. The Kier molecular flexibility index (Phi) is 5.20. The summed E-state index contributed by atoms with van der Waals surface area (Å²) < 4.78 is 25.4. The Morgan fingerprint density at radius 3 is 2.47 bits per heavy atom. The molecule has 1 N–H and O–H groups in total. The highest BCUT2D eigenvalue weighted by atomic mass is 35.5. The maximum atomic E-state index is 12.3. The topological polar surface area (TPSA) is 74.7 Å². The maximum Gasteiger partial charge on any atom is 0.321 e. The number of likely N-dealkylation sites (N-methyl/N-ethyl adjacent to an activating group) is 1. The zero-order valence-electron chi connectivity index (χ0n) is 10.3. The lowest BCUT2D eigenvalue weighted by molar-refractivity contribution is -0.141. The molecule has 5 nitrogen and oxygen atoms in total. The molecule has 0 radical (unpaired) electrons. The number of hydrogen-bond donors (Lipinski definition) is 1. The summed E-state index contributed by atoms with van der Waals surface area (Å²) in [6.07, 6.45) is 0.142. The lowest BCUT2D eigenvalue weighted by Crippen LogP contribution is -2.41. The number of carboxylic acid groups (broad SMARTS) is 1. The van der Waals surface area contributed by atoms with E-state index < -0.39 is 22.0 Å². The van der Waals surface area contributed by atoms with E-state index in [9.17, 15) is 13.2 Å². The molecule has 1 unspecified atom stereocenters. The quantitative estimate of drug-likeness (QED) is 0.902. The van der Waals surface area contributed by atoms with E-state index in [0.29, 0.717) is 0 Å². The molecule has 106 valence electrons. The van der Waals surface area contributed by atoms with Crippen LogP contribution in [0, 0.1) is 0 Å². The minimum Gasteiger partial charge on any atom is -0.480 e. The normalized spacial score (nSPS) is 13.5. The van der Waals surface area contributed by atoms with Crippen LogP contribution in [0.3, 0.4) is 0 Å². The van der Waals surface area contributed by atoms with Crippen molar-refractivity contribution in [2.75, 3.05) is 7.05 Å². The second-order valence-corrected chi connectivity index (χ2v) is 6.59. The molecule has 0 aliphatic carbocycles. The monoisotopic (exact) mass is 325 g/mol. The molecular formula is C11H13Cl2NO4S. The second-order valence-electron chi connectivity index (χ2n) is 3.84.